The molecule has 1 heterocycles. The van der Waals surface area contributed by atoms with Crippen LogP contribution in [-0.2, 0) is 0 Å². The number of benzene rings is 1. The minimum Gasteiger partial charge on any atom is -0.406 e. The van der Waals surface area contributed by atoms with Crippen LogP contribution in [0.5, 0.6) is 5.75 Å². The van der Waals surface area contributed by atoms with Gasteiger partial charge >= 0.3 is 6.36 Å². The number of nitrogens with zero attached hydrogens (tertiary/aromatic N) is 1. The van der Waals surface area contributed by atoms with E-state index in [-0.39, 0.29) is 16.0 Å². The maximum absolute atomic E-state index is 12.1. The Morgan fingerprint density at radius 3 is 2.33 bits per heavy atom. The van der Waals surface area contributed by atoms with Crippen molar-refractivity contribution in [2.24, 2.45) is 0 Å². The molecule has 0 aliphatic rings. The zero-order valence-corrected chi connectivity index (χ0v) is 10.9. The lowest BCUT2D eigenvalue weighted by Gasteiger charge is -2.09. The summed E-state index contributed by atoms with van der Waals surface area (Å²) in [5.74, 6) is -0.409. The first-order valence-corrected chi connectivity index (χ1v) is 5.84. The van der Waals surface area contributed by atoms with Gasteiger partial charge in [-0.1, -0.05) is 0 Å². The summed E-state index contributed by atoms with van der Waals surface area (Å²) in [5, 5.41) is 8.96. The van der Waals surface area contributed by atoms with Crippen LogP contribution in [0.25, 0.3) is 11.3 Å². The van der Waals surface area contributed by atoms with Gasteiger partial charge in [0.05, 0.1) is 5.69 Å². The summed E-state index contributed by atoms with van der Waals surface area (Å²) in [7, 11) is 0. The van der Waals surface area contributed by atoms with Crippen LogP contribution in [0.15, 0.2) is 29.1 Å². The minimum absolute atomic E-state index is 0.00428. The number of ether oxygens (including phenoxy) is 1. The third kappa shape index (κ3) is 3.49. The van der Waals surface area contributed by atoms with Crippen LogP contribution >= 0.6 is 12.2 Å². The van der Waals surface area contributed by atoms with Gasteiger partial charge in [-0.2, -0.15) is 5.26 Å². The lowest BCUT2D eigenvalue weighted by Crippen LogP contribution is -2.17. The van der Waals surface area contributed by atoms with Crippen molar-refractivity contribution in [2.45, 2.75) is 6.36 Å². The number of nitrogens with one attached hydrogen (secondary N) is 2. The van der Waals surface area contributed by atoms with Crippen LogP contribution in [0.3, 0.4) is 0 Å². The highest BCUT2D eigenvalue weighted by Crippen LogP contribution is 2.26. The van der Waals surface area contributed by atoms with E-state index >= 15 is 0 Å². The number of hydrogen-bond acceptors (Lipinski definition) is 4. The van der Waals surface area contributed by atoms with Gasteiger partial charge in [0.25, 0.3) is 5.56 Å². The van der Waals surface area contributed by atoms with Crippen molar-refractivity contribution in [3.63, 3.8) is 0 Å². The number of nitriles is 1. The lowest BCUT2D eigenvalue weighted by molar-refractivity contribution is -0.274. The van der Waals surface area contributed by atoms with Gasteiger partial charge in [0, 0.05) is 0 Å². The van der Waals surface area contributed by atoms with Crippen LogP contribution in [0.4, 0.5) is 13.2 Å². The second-order valence-corrected chi connectivity index (χ2v) is 4.25. The van der Waals surface area contributed by atoms with Gasteiger partial charge in [-0.25, -0.2) is 0 Å². The molecular formula is C12H6F3N3O2S. The van der Waals surface area contributed by atoms with E-state index in [1.54, 1.807) is 6.07 Å². The molecule has 0 atom stereocenters. The second kappa shape index (κ2) is 5.41. The standard InChI is InChI=1S/C12H6F3N3O2S/c13-12(14,15)20-7-3-1-6(2-4-7)9-8(5-16)10(19)18-11(21)17-9/h1-4H,(H2,17,18,19,21). The van der Waals surface area contributed by atoms with Crippen LogP contribution < -0.4 is 10.3 Å². The zero-order valence-electron chi connectivity index (χ0n) is 10.1. The molecular weight excluding hydrogens is 307 g/mol. The number of aromatic nitrogens is 2. The minimum atomic E-state index is -4.79. The van der Waals surface area contributed by atoms with Crippen molar-refractivity contribution in [1.82, 2.24) is 9.97 Å². The van der Waals surface area contributed by atoms with Crippen molar-refractivity contribution in [3.05, 3.63) is 45.0 Å². The smallest absolute Gasteiger partial charge is 0.406 e. The molecule has 2 aromatic rings. The molecule has 0 fully saturated rings. The zero-order chi connectivity index (χ0) is 15.6. The third-order valence-corrected chi connectivity index (χ3v) is 2.64. The molecule has 0 radical (unpaired) electrons. The van der Waals surface area contributed by atoms with E-state index < -0.39 is 17.7 Å². The molecule has 0 aliphatic heterocycles. The lowest BCUT2D eigenvalue weighted by atomic mass is 10.1. The van der Waals surface area contributed by atoms with E-state index in [2.05, 4.69) is 14.7 Å². The van der Waals surface area contributed by atoms with Crippen LogP contribution in [0.1, 0.15) is 5.56 Å². The summed E-state index contributed by atoms with van der Waals surface area (Å²) < 4.78 is 39.9. The van der Waals surface area contributed by atoms with E-state index in [9.17, 15) is 18.0 Å². The highest BCUT2D eigenvalue weighted by atomic mass is 32.1. The Bertz CT molecular complexity index is 816. The number of halogens is 3. The topological polar surface area (TPSA) is 81.7 Å². The summed E-state index contributed by atoms with van der Waals surface area (Å²) in [6, 6.07) is 6.41. The molecule has 9 heteroatoms. The van der Waals surface area contributed by atoms with Crippen LogP contribution in [0.2, 0.25) is 0 Å². The van der Waals surface area contributed by atoms with Gasteiger partial charge in [0.15, 0.2) is 4.77 Å². The molecule has 1 aromatic carbocycles. The summed E-state index contributed by atoms with van der Waals surface area (Å²) in [6.45, 7) is 0. The molecule has 1 aromatic heterocycles. The van der Waals surface area contributed by atoms with Crippen molar-refractivity contribution in [1.29, 1.82) is 5.26 Å². The fraction of sp³-hybridized carbons (Fsp3) is 0.0833. The van der Waals surface area contributed by atoms with Gasteiger partial charge in [-0.15, -0.1) is 13.2 Å². The summed E-state index contributed by atoms with van der Waals surface area (Å²) in [5.41, 5.74) is -0.428. The summed E-state index contributed by atoms with van der Waals surface area (Å²) in [4.78, 5) is 16.5. The summed E-state index contributed by atoms with van der Waals surface area (Å²) >= 11 is 4.80. The third-order valence-electron chi connectivity index (χ3n) is 2.43. The normalized spacial score (nSPS) is 11.0. The Hall–Kier alpha value is -2.60. The highest BCUT2D eigenvalue weighted by Gasteiger charge is 2.31. The van der Waals surface area contributed by atoms with E-state index in [4.69, 9.17) is 17.5 Å². The molecule has 2 rings (SSSR count). The predicted octanol–water partition coefficient (Wildman–Crippen LogP) is 2.87. The molecule has 21 heavy (non-hydrogen) atoms. The fourth-order valence-electron chi connectivity index (χ4n) is 1.63. The van der Waals surface area contributed by atoms with E-state index in [1.807, 2.05) is 0 Å². The number of hydrogen-bond donors (Lipinski definition) is 2. The largest absolute Gasteiger partial charge is 0.573 e. The van der Waals surface area contributed by atoms with Gasteiger partial charge in [0.2, 0.25) is 0 Å². The SMILES string of the molecule is N#Cc1c(-c2ccc(OC(F)(F)F)cc2)[nH]c(=S)[nH]c1=O. The average molecular weight is 313 g/mol. The van der Waals surface area contributed by atoms with Crippen molar-refractivity contribution < 1.29 is 17.9 Å². The van der Waals surface area contributed by atoms with E-state index in [0.29, 0.717) is 5.56 Å². The summed E-state index contributed by atoms with van der Waals surface area (Å²) in [6.07, 6.45) is -4.79. The molecule has 0 saturated heterocycles. The quantitative estimate of drug-likeness (QED) is 0.835. The average Bonchev–Trinajstić information content (AvgIpc) is 2.37. The van der Waals surface area contributed by atoms with Gasteiger partial charge < -0.3 is 9.72 Å². The van der Waals surface area contributed by atoms with Crippen molar-refractivity contribution in [3.8, 4) is 23.1 Å². The molecule has 0 spiro atoms. The van der Waals surface area contributed by atoms with E-state index in [1.165, 1.54) is 12.1 Å². The first-order chi connectivity index (χ1) is 9.80. The van der Waals surface area contributed by atoms with Gasteiger partial charge in [-0.05, 0) is 42.0 Å². The Morgan fingerprint density at radius 1 is 1.19 bits per heavy atom. The Kier molecular flexibility index (Phi) is 3.82. The number of rotatable bonds is 2. The molecule has 0 amide bonds. The van der Waals surface area contributed by atoms with E-state index in [0.717, 1.165) is 12.1 Å². The highest BCUT2D eigenvalue weighted by molar-refractivity contribution is 7.71. The maximum Gasteiger partial charge on any atom is 0.573 e. The molecule has 0 unspecified atom stereocenters. The number of H-pyrrole nitrogens is 2. The van der Waals surface area contributed by atoms with Crippen LogP contribution in [-0.4, -0.2) is 16.3 Å². The number of alkyl halides is 3. The molecule has 0 aliphatic carbocycles. The van der Waals surface area contributed by atoms with Crippen molar-refractivity contribution in [2.75, 3.05) is 0 Å². The molecule has 2 N–H and O–H groups in total. The Labute approximate surface area is 120 Å². The molecule has 108 valence electrons. The maximum atomic E-state index is 12.1. The van der Waals surface area contributed by atoms with Crippen LogP contribution in [0, 0.1) is 16.1 Å². The second-order valence-electron chi connectivity index (χ2n) is 3.84. The first-order valence-electron chi connectivity index (χ1n) is 5.43. The Balaban J connectivity index is 2.47. The van der Waals surface area contributed by atoms with Crippen molar-refractivity contribution >= 4 is 12.2 Å². The molecule has 5 nitrogen and oxygen atoms in total. The molecule has 0 bridgehead atoms. The number of aromatic amines is 2. The monoisotopic (exact) mass is 313 g/mol. The molecule has 0 saturated carbocycles. The fourth-order valence-corrected chi connectivity index (χ4v) is 1.83. The predicted molar refractivity (Wildman–Crippen MR) is 69.1 cm³/mol. The first kappa shape index (κ1) is 14.8. The van der Waals surface area contributed by atoms with Gasteiger partial charge in [-0.3, -0.25) is 9.78 Å². The van der Waals surface area contributed by atoms with Gasteiger partial charge in [0.1, 0.15) is 17.4 Å². The Morgan fingerprint density at radius 2 is 1.81 bits per heavy atom.